The molecule has 5 aromatic rings. The van der Waals surface area contributed by atoms with Crippen molar-refractivity contribution in [3.8, 4) is 33.5 Å². The molecule has 154 valence electrons. The number of nitrogens with zero attached hydrogens (tertiary/aromatic N) is 2. The lowest BCUT2D eigenvalue weighted by Crippen LogP contribution is -2.50. The van der Waals surface area contributed by atoms with Gasteiger partial charge in [0.15, 0.2) is 0 Å². The van der Waals surface area contributed by atoms with E-state index in [9.17, 15) is 0 Å². The summed E-state index contributed by atoms with van der Waals surface area (Å²) in [6, 6.07) is 32.4. The molecule has 0 fully saturated rings. The predicted octanol–water partition coefficient (Wildman–Crippen LogP) is 6.42. The van der Waals surface area contributed by atoms with Gasteiger partial charge in [-0.2, -0.15) is 0 Å². The molecule has 4 heteroatoms. The Morgan fingerprint density at radius 2 is 1.28 bits per heavy atom. The molecule has 0 spiro atoms. The molecule has 1 aromatic heterocycles. The highest BCUT2D eigenvalue weighted by atomic mass is 35.5. The van der Waals surface area contributed by atoms with Crippen LogP contribution in [0.5, 0.6) is 0 Å². The predicted molar refractivity (Wildman–Crippen MR) is 138 cm³/mol. The molecule has 1 aliphatic rings. The summed E-state index contributed by atoms with van der Waals surface area (Å²) in [4.78, 5) is 8.90. The highest BCUT2D eigenvalue weighted by Gasteiger charge is 2.38. The molecule has 32 heavy (non-hydrogen) atoms. The van der Waals surface area contributed by atoms with Gasteiger partial charge in [0.2, 0.25) is 5.28 Å². The summed E-state index contributed by atoms with van der Waals surface area (Å²) >= 11 is 6.22. The topological polar surface area (TPSA) is 25.8 Å². The SMILES string of the molecule is C[Si]1(C)c2ccccc2-c2cccc(-c3ccc(-c4nc(Cl)nc5ccccc45)cc3)c21. The number of hydrogen-bond acceptors (Lipinski definition) is 2. The zero-order valence-corrected chi connectivity index (χ0v) is 19.7. The molecule has 2 heterocycles. The van der Waals surface area contributed by atoms with E-state index in [1.807, 2.05) is 24.3 Å². The third-order valence-electron chi connectivity index (χ3n) is 6.63. The Morgan fingerprint density at radius 1 is 0.625 bits per heavy atom. The second kappa shape index (κ2) is 7.12. The lowest BCUT2D eigenvalue weighted by atomic mass is 9.97. The van der Waals surface area contributed by atoms with E-state index < -0.39 is 8.07 Å². The first-order valence-corrected chi connectivity index (χ1v) is 14.2. The first kappa shape index (κ1) is 19.4. The van der Waals surface area contributed by atoms with Gasteiger partial charge < -0.3 is 0 Å². The fraction of sp³-hybridized carbons (Fsp3) is 0.0714. The quantitative estimate of drug-likeness (QED) is 0.230. The summed E-state index contributed by atoms with van der Waals surface area (Å²) in [7, 11) is -1.77. The van der Waals surface area contributed by atoms with E-state index in [4.69, 9.17) is 11.6 Å². The second-order valence-electron chi connectivity index (χ2n) is 8.83. The third kappa shape index (κ3) is 2.85. The molecule has 1 aliphatic heterocycles. The third-order valence-corrected chi connectivity index (χ3v) is 10.4. The maximum absolute atomic E-state index is 6.22. The van der Waals surface area contributed by atoms with Crippen LogP contribution in [0.4, 0.5) is 0 Å². The Hall–Kier alpha value is -3.27. The normalized spacial score (nSPS) is 13.7. The van der Waals surface area contributed by atoms with E-state index in [0.717, 1.165) is 22.2 Å². The lowest BCUT2D eigenvalue weighted by molar-refractivity contribution is 1.22. The molecule has 0 atom stereocenters. The van der Waals surface area contributed by atoms with Crippen LogP contribution in [0.1, 0.15) is 0 Å². The molecular weight excluding hydrogens is 428 g/mol. The van der Waals surface area contributed by atoms with Gasteiger partial charge in [0.1, 0.15) is 8.07 Å². The van der Waals surface area contributed by atoms with E-state index in [1.165, 1.54) is 32.6 Å². The highest BCUT2D eigenvalue weighted by molar-refractivity contribution is 7.04. The number of aromatic nitrogens is 2. The molecule has 0 radical (unpaired) electrons. The molecule has 4 aromatic carbocycles. The van der Waals surface area contributed by atoms with Crippen LogP contribution in [-0.2, 0) is 0 Å². The van der Waals surface area contributed by atoms with Gasteiger partial charge in [0, 0.05) is 10.9 Å². The zero-order chi connectivity index (χ0) is 21.9. The van der Waals surface area contributed by atoms with Crippen molar-refractivity contribution in [2.75, 3.05) is 0 Å². The van der Waals surface area contributed by atoms with Gasteiger partial charge in [0.05, 0.1) is 11.2 Å². The monoisotopic (exact) mass is 448 g/mol. The van der Waals surface area contributed by atoms with Crippen molar-refractivity contribution in [3.63, 3.8) is 0 Å². The molecule has 0 saturated carbocycles. The van der Waals surface area contributed by atoms with Gasteiger partial charge in [-0.15, -0.1) is 0 Å². The van der Waals surface area contributed by atoms with Crippen molar-refractivity contribution in [1.82, 2.24) is 9.97 Å². The van der Waals surface area contributed by atoms with Gasteiger partial charge in [-0.1, -0.05) is 98.0 Å². The highest BCUT2D eigenvalue weighted by Crippen LogP contribution is 2.34. The van der Waals surface area contributed by atoms with Crippen LogP contribution in [0.25, 0.3) is 44.4 Å². The largest absolute Gasteiger partial charge is 0.223 e. The second-order valence-corrected chi connectivity index (χ2v) is 13.5. The maximum Gasteiger partial charge on any atom is 0.223 e. The van der Waals surface area contributed by atoms with Crippen LogP contribution < -0.4 is 10.4 Å². The number of para-hydroxylation sites is 1. The Labute approximate surface area is 193 Å². The van der Waals surface area contributed by atoms with Crippen LogP contribution >= 0.6 is 11.6 Å². The molecule has 0 aliphatic carbocycles. The van der Waals surface area contributed by atoms with E-state index in [0.29, 0.717) is 0 Å². The first-order valence-electron chi connectivity index (χ1n) is 10.8. The van der Waals surface area contributed by atoms with Gasteiger partial charge in [-0.25, -0.2) is 9.97 Å². The van der Waals surface area contributed by atoms with Crippen LogP contribution in [-0.4, -0.2) is 18.0 Å². The number of fused-ring (bicyclic) bond motifs is 4. The minimum Gasteiger partial charge on any atom is -0.218 e. The van der Waals surface area contributed by atoms with E-state index >= 15 is 0 Å². The Morgan fingerprint density at radius 3 is 2.12 bits per heavy atom. The molecule has 0 N–H and O–H groups in total. The van der Waals surface area contributed by atoms with Gasteiger partial charge in [-0.05, 0) is 50.3 Å². The van der Waals surface area contributed by atoms with Crippen molar-refractivity contribution < 1.29 is 0 Å². The number of benzene rings is 4. The molecular formula is C28H21ClN2Si. The lowest BCUT2D eigenvalue weighted by Gasteiger charge is -2.22. The Bertz CT molecular complexity index is 1510. The van der Waals surface area contributed by atoms with Crippen LogP contribution in [0.2, 0.25) is 18.4 Å². The van der Waals surface area contributed by atoms with Crippen molar-refractivity contribution in [2.45, 2.75) is 13.1 Å². The van der Waals surface area contributed by atoms with Crippen molar-refractivity contribution in [2.24, 2.45) is 0 Å². The van der Waals surface area contributed by atoms with Crippen LogP contribution in [0, 0.1) is 0 Å². The summed E-state index contributed by atoms with van der Waals surface area (Å²) < 4.78 is 0. The number of halogens is 1. The molecule has 0 amide bonds. The molecule has 0 bridgehead atoms. The summed E-state index contributed by atoms with van der Waals surface area (Å²) in [5.74, 6) is 0. The minimum absolute atomic E-state index is 0.272. The number of hydrogen-bond donors (Lipinski definition) is 0. The average molecular weight is 449 g/mol. The smallest absolute Gasteiger partial charge is 0.218 e. The fourth-order valence-corrected chi connectivity index (χ4v) is 8.81. The first-order chi connectivity index (χ1) is 15.5. The van der Waals surface area contributed by atoms with E-state index in [-0.39, 0.29) is 5.28 Å². The minimum atomic E-state index is -1.77. The number of rotatable bonds is 2. The van der Waals surface area contributed by atoms with Crippen molar-refractivity contribution in [3.05, 3.63) is 96.3 Å². The van der Waals surface area contributed by atoms with Crippen LogP contribution in [0.15, 0.2) is 91.0 Å². The van der Waals surface area contributed by atoms with Crippen molar-refractivity contribution >= 4 is 41.0 Å². The molecule has 0 unspecified atom stereocenters. The zero-order valence-electron chi connectivity index (χ0n) is 17.9. The Kier molecular flexibility index (Phi) is 4.32. The average Bonchev–Trinajstić information content (AvgIpc) is 3.06. The van der Waals surface area contributed by atoms with E-state index in [2.05, 4.69) is 89.8 Å². The summed E-state index contributed by atoms with van der Waals surface area (Å²) in [6.45, 7) is 4.93. The van der Waals surface area contributed by atoms with E-state index in [1.54, 1.807) is 0 Å². The van der Waals surface area contributed by atoms with Gasteiger partial charge >= 0.3 is 0 Å². The van der Waals surface area contributed by atoms with Gasteiger partial charge in [-0.3, -0.25) is 0 Å². The summed E-state index contributed by atoms with van der Waals surface area (Å²) in [6.07, 6.45) is 0. The molecule has 6 rings (SSSR count). The Balaban J connectivity index is 1.49. The molecule has 2 nitrogen and oxygen atoms in total. The standard InChI is InChI=1S/C28H21ClN2Si/c1-32(2)25-13-6-4-8-21(25)22-11-7-10-20(27(22)32)18-14-16-19(17-15-18)26-23-9-3-5-12-24(23)30-28(29)31-26/h3-17H,1-2H3. The van der Waals surface area contributed by atoms with Crippen LogP contribution in [0.3, 0.4) is 0 Å². The summed E-state index contributed by atoms with van der Waals surface area (Å²) in [5, 5.41) is 4.34. The maximum atomic E-state index is 6.22. The fourth-order valence-electron chi connectivity index (χ4n) is 5.16. The van der Waals surface area contributed by atoms with Crippen molar-refractivity contribution in [1.29, 1.82) is 0 Å². The van der Waals surface area contributed by atoms with Gasteiger partial charge in [0.25, 0.3) is 0 Å². The summed E-state index contributed by atoms with van der Waals surface area (Å²) in [5.41, 5.74) is 8.15. The molecule has 0 saturated heterocycles.